The van der Waals surface area contributed by atoms with Crippen molar-refractivity contribution in [2.45, 2.75) is 18.6 Å². The molecule has 2 aromatic heterocycles. The Labute approximate surface area is 219 Å². The molecular formula is C27H29N5O2S2. The zero-order chi connectivity index (χ0) is 24.7. The molecular weight excluding hydrogens is 490 g/mol. The van der Waals surface area contributed by atoms with Crippen LogP contribution in [-0.4, -0.2) is 69.0 Å². The average Bonchev–Trinajstić information content (AvgIpc) is 3.59. The minimum atomic E-state index is 0.137. The van der Waals surface area contributed by atoms with Gasteiger partial charge in [0, 0.05) is 32.7 Å². The molecule has 2 aromatic carbocycles. The molecule has 7 nitrogen and oxygen atoms in total. The van der Waals surface area contributed by atoms with Gasteiger partial charge in [0.15, 0.2) is 11.0 Å². The number of nitrogens with zero attached hydrogens (tertiary/aromatic N) is 5. The van der Waals surface area contributed by atoms with Crippen molar-refractivity contribution in [3.05, 3.63) is 77.7 Å². The molecule has 0 bridgehead atoms. The topological polar surface area (TPSA) is 63.5 Å². The molecule has 3 heterocycles. The number of ether oxygens (including phenoxy) is 1. The van der Waals surface area contributed by atoms with Gasteiger partial charge in [-0.25, -0.2) is 0 Å². The molecule has 5 rings (SSSR count). The Kier molecular flexibility index (Phi) is 8.00. The lowest BCUT2D eigenvalue weighted by atomic mass is 10.2. The fourth-order valence-corrected chi connectivity index (χ4v) is 5.79. The van der Waals surface area contributed by atoms with Crippen molar-refractivity contribution in [3.63, 3.8) is 0 Å². The fourth-order valence-electron chi connectivity index (χ4n) is 4.23. The van der Waals surface area contributed by atoms with Gasteiger partial charge >= 0.3 is 0 Å². The standard InChI is InChI=1S/C27H29N5O2S2/c1-2-34-23-12-10-22(11-13-23)32-26(24-9-6-18-35-24)28-29-27(32)36-20-25(33)31-16-14-30(15-17-31)19-21-7-4-3-5-8-21/h3-13,18H,2,14-17,19-20H2,1H3. The van der Waals surface area contributed by atoms with Crippen molar-refractivity contribution in [3.8, 4) is 22.1 Å². The van der Waals surface area contributed by atoms with Crippen LogP contribution in [0.2, 0.25) is 0 Å². The molecule has 1 aliphatic rings. The number of aromatic nitrogens is 3. The number of thioether (sulfide) groups is 1. The molecule has 0 atom stereocenters. The van der Waals surface area contributed by atoms with E-state index in [1.54, 1.807) is 11.3 Å². The summed E-state index contributed by atoms with van der Waals surface area (Å²) in [5, 5.41) is 11.7. The minimum absolute atomic E-state index is 0.137. The Balaban J connectivity index is 1.24. The number of carbonyl (C=O) groups excluding carboxylic acids is 1. The van der Waals surface area contributed by atoms with Gasteiger partial charge in [0.1, 0.15) is 5.75 Å². The molecule has 1 saturated heterocycles. The second kappa shape index (κ2) is 11.7. The highest BCUT2D eigenvalue weighted by Crippen LogP contribution is 2.31. The third-order valence-electron chi connectivity index (χ3n) is 6.08. The van der Waals surface area contributed by atoms with Gasteiger partial charge in [-0.05, 0) is 48.2 Å². The Bertz CT molecular complexity index is 1250. The highest BCUT2D eigenvalue weighted by molar-refractivity contribution is 7.99. The summed E-state index contributed by atoms with van der Waals surface area (Å²) in [7, 11) is 0. The number of amides is 1. The summed E-state index contributed by atoms with van der Waals surface area (Å²) in [6.45, 7) is 6.78. The van der Waals surface area contributed by atoms with Crippen LogP contribution in [0, 0.1) is 0 Å². The Morgan fingerprint density at radius 1 is 0.972 bits per heavy atom. The maximum absolute atomic E-state index is 13.1. The molecule has 1 amide bonds. The molecule has 0 saturated carbocycles. The molecule has 0 radical (unpaired) electrons. The largest absolute Gasteiger partial charge is 0.494 e. The number of benzene rings is 2. The number of carbonyl (C=O) groups is 1. The Morgan fingerprint density at radius 2 is 1.75 bits per heavy atom. The Morgan fingerprint density at radius 3 is 2.44 bits per heavy atom. The van der Waals surface area contributed by atoms with Crippen LogP contribution in [0.4, 0.5) is 0 Å². The lowest BCUT2D eigenvalue weighted by Gasteiger charge is -2.34. The van der Waals surface area contributed by atoms with Crippen LogP contribution in [0.5, 0.6) is 5.75 Å². The molecule has 0 aliphatic carbocycles. The minimum Gasteiger partial charge on any atom is -0.494 e. The van der Waals surface area contributed by atoms with Crippen molar-refractivity contribution in [1.82, 2.24) is 24.6 Å². The smallest absolute Gasteiger partial charge is 0.233 e. The van der Waals surface area contributed by atoms with E-state index in [-0.39, 0.29) is 5.91 Å². The first-order valence-electron chi connectivity index (χ1n) is 12.1. The highest BCUT2D eigenvalue weighted by Gasteiger charge is 2.23. The number of rotatable bonds is 9. The van der Waals surface area contributed by atoms with Gasteiger partial charge in [0.05, 0.1) is 22.9 Å². The molecule has 4 aromatic rings. The van der Waals surface area contributed by atoms with E-state index in [0.717, 1.165) is 54.9 Å². The summed E-state index contributed by atoms with van der Waals surface area (Å²) in [4.78, 5) is 18.5. The van der Waals surface area contributed by atoms with Gasteiger partial charge in [-0.1, -0.05) is 48.2 Å². The van der Waals surface area contributed by atoms with E-state index in [1.165, 1.54) is 17.3 Å². The molecule has 36 heavy (non-hydrogen) atoms. The number of hydrogen-bond donors (Lipinski definition) is 0. The zero-order valence-corrected chi connectivity index (χ0v) is 21.9. The van der Waals surface area contributed by atoms with Gasteiger partial charge in [-0.3, -0.25) is 14.3 Å². The SMILES string of the molecule is CCOc1ccc(-n2c(SCC(=O)N3CCN(Cc4ccccc4)CC3)nnc2-c2cccs2)cc1. The van der Waals surface area contributed by atoms with E-state index < -0.39 is 0 Å². The van der Waals surface area contributed by atoms with Crippen LogP contribution in [0.3, 0.4) is 0 Å². The quantitative estimate of drug-likeness (QED) is 0.295. The van der Waals surface area contributed by atoms with E-state index in [9.17, 15) is 4.79 Å². The van der Waals surface area contributed by atoms with Crippen LogP contribution in [-0.2, 0) is 11.3 Å². The third kappa shape index (κ3) is 5.80. The highest BCUT2D eigenvalue weighted by atomic mass is 32.2. The third-order valence-corrected chi connectivity index (χ3v) is 7.86. The normalized spacial score (nSPS) is 14.2. The van der Waals surface area contributed by atoms with Crippen LogP contribution in [0.25, 0.3) is 16.4 Å². The van der Waals surface area contributed by atoms with Gasteiger partial charge in [0.2, 0.25) is 5.91 Å². The van der Waals surface area contributed by atoms with Crippen molar-refractivity contribution in [2.24, 2.45) is 0 Å². The first-order valence-corrected chi connectivity index (χ1v) is 14.0. The predicted molar refractivity (Wildman–Crippen MR) is 145 cm³/mol. The second-order valence-corrected chi connectivity index (χ2v) is 10.4. The van der Waals surface area contributed by atoms with Gasteiger partial charge < -0.3 is 9.64 Å². The van der Waals surface area contributed by atoms with Crippen LogP contribution in [0.1, 0.15) is 12.5 Å². The number of piperazine rings is 1. The van der Waals surface area contributed by atoms with Gasteiger partial charge in [-0.2, -0.15) is 0 Å². The molecule has 9 heteroatoms. The predicted octanol–water partition coefficient (Wildman–Crippen LogP) is 4.83. The van der Waals surface area contributed by atoms with E-state index in [2.05, 4.69) is 39.4 Å². The summed E-state index contributed by atoms with van der Waals surface area (Å²) in [5.41, 5.74) is 2.25. The summed E-state index contributed by atoms with van der Waals surface area (Å²) in [5.74, 6) is 2.07. The van der Waals surface area contributed by atoms with Crippen LogP contribution >= 0.6 is 23.1 Å². The summed E-state index contributed by atoms with van der Waals surface area (Å²) in [6.07, 6.45) is 0. The monoisotopic (exact) mass is 519 g/mol. The van der Waals surface area contributed by atoms with Gasteiger partial charge in [0.25, 0.3) is 0 Å². The van der Waals surface area contributed by atoms with Crippen molar-refractivity contribution < 1.29 is 9.53 Å². The molecule has 0 N–H and O–H groups in total. The average molecular weight is 520 g/mol. The van der Waals surface area contributed by atoms with Crippen LogP contribution < -0.4 is 4.74 Å². The number of hydrogen-bond acceptors (Lipinski definition) is 7. The fraction of sp³-hybridized carbons (Fsp3) is 0.296. The van der Waals surface area contributed by atoms with Crippen molar-refractivity contribution in [1.29, 1.82) is 0 Å². The summed E-state index contributed by atoms with van der Waals surface area (Å²) in [6, 6.07) is 22.4. The van der Waals surface area contributed by atoms with E-state index >= 15 is 0 Å². The second-order valence-electron chi connectivity index (χ2n) is 8.48. The lowest BCUT2D eigenvalue weighted by Crippen LogP contribution is -2.48. The van der Waals surface area contributed by atoms with Gasteiger partial charge in [-0.15, -0.1) is 21.5 Å². The van der Waals surface area contributed by atoms with Crippen molar-refractivity contribution in [2.75, 3.05) is 38.5 Å². The van der Waals surface area contributed by atoms with Crippen LogP contribution in [0.15, 0.2) is 77.3 Å². The van der Waals surface area contributed by atoms with Crippen molar-refractivity contribution >= 4 is 29.0 Å². The lowest BCUT2D eigenvalue weighted by molar-refractivity contribution is -0.130. The first kappa shape index (κ1) is 24.5. The first-order chi connectivity index (χ1) is 17.7. The molecule has 1 aliphatic heterocycles. The number of thiophene rings is 1. The maximum Gasteiger partial charge on any atom is 0.233 e. The maximum atomic E-state index is 13.1. The molecule has 1 fully saturated rings. The summed E-state index contributed by atoms with van der Waals surface area (Å²) < 4.78 is 7.63. The zero-order valence-electron chi connectivity index (χ0n) is 20.2. The van der Waals surface area contributed by atoms with E-state index in [4.69, 9.17) is 4.74 Å². The molecule has 186 valence electrons. The summed E-state index contributed by atoms with van der Waals surface area (Å²) >= 11 is 3.06. The van der Waals surface area contributed by atoms with E-state index in [1.807, 2.05) is 64.2 Å². The van der Waals surface area contributed by atoms with E-state index in [0.29, 0.717) is 17.5 Å². The molecule has 0 unspecified atom stereocenters. The molecule has 0 spiro atoms. The Hall–Kier alpha value is -3.14.